The number of nitrogens with one attached hydrogen (secondary N) is 1. The molecule has 1 rings (SSSR count). The Hall–Kier alpha value is -0.206. The van der Waals surface area contributed by atoms with E-state index in [-0.39, 0.29) is 38.6 Å². The minimum atomic E-state index is -0.0457. The molecule has 0 heterocycles. The van der Waals surface area contributed by atoms with Crippen LogP contribution >= 0.6 is 0 Å². The quantitative estimate of drug-likeness (QED) is 0.740. The van der Waals surface area contributed by atoms with E-state index in [4.69, 9.17) is 0 Å². The third kappa shape index (κ3) is 3.98. The van der Waals surface area contributed by atoms with Gasteiger partial charge in [0.15, 0.2) is 0 Å². The largest absolute Gasteiger partial charge is 0.349 e. The molecule has 0 unspecified atom stereocenters. The van der Waals surface area contributed by atoms with Gasteiger partial charge in [-0.2, -0.15) is 17.7 Å². The first-order valence-electron chi connectivity index (χ1n) is 3.44. The molecule has 0 aliphatic carbocycles. The normalized spacial score (nSPS) is 8.50. The van der Waals surface area contributed by atoms with E-state index in [0.717, 1.165) is 11.3 Å². The Bertz CT molecular complexity index is 273. The van der Waals surface area contributed by atoms with Gasteiger partial charge in [-0.1, -0.05) is 12.6 Å². The summed E-state index contributed by atoms with van der Waals surface area (Å²) in [5, 5.41) is 2.69. The van der Waals surface area contributed by atoms with Crippen LogP contribution in [0.25, 0.3) is 0 Å². The molecule has 1 aromatic carbocycles. The van der Waals surface area contributed by atoms with Crippen LogP contribution in [-0.4, -0.2) is 5.91 Å². The van der Waals surface area contributed by atoms with Gasteiger partial charge in [0.2, 0.25) is 5.91 Å². The number of carbonyl (C=O) groups excluding carboxylic acids is 1. The van der Waals surface area contributed by atoms with E-state index in [1.165, 1.54) is 6.92 Å². The van der Waals surface area contributed by atoms with Gasteiger partial charge < -0.3 is 5.32 Å². The van der Waals surface area contributed by atoms with E-state index < -0.39 is 0 Å². The molecule has 1 N–H and O–H groups in total. The van der Waals surface area contributed by atoms with Gasteiger partial charge in [0, 0.05) is 39.6 Å². The second-order valence-electron chi connectivity index (χ2n) is 2.44. The molecule has 0 fully saturated rings. The summed E-state index contributed by atoms with van der Waals surface area (Å²) in [6.07, 6.45) is 0. The van der Waals surface area contributed by atoms with E-state index >= 15 is 0 Å². The van der Waals surface area contributed by atoms with Crippen LogP contribution < -0.4 is 5.32 Å². The molecule has 0 spiro atoms. The minimum absolute atomic E-state index is 0. The van der Waals surface area contributed by atoms with Crippen LogP contribution in [0.5, 0.6) is 0 Å². The van der Waals surface area contributed by atoms with Gasteiger partial charge in [-0.15, -0.1) is 12.1 Å². The predicted octanol–water partition coefficient (Wildman–Crippen LogP) is 1.75. The Morgan fingerprint density at radius 3 is 2.75 bits per heavy atom. The number of hydrogen-bond donors (Lipinski definition) is 1. The van der Waals surface area contributed by atoms with Crippen molar-refractivity contribution in [3.05, 3.63) is 29.8 Å². The molecule has 1 aromatic rings. The number of carbonyl (C=O) groups is 1. The van der Waals surface area contributed by atoms with Crippen LogP contribution in [0, 0.1) is 13.0 Å². The maximum Gasteiger partial charge on any atom is 0.219 e. The summed E-state index contributed by atoms with van der Waals surface area (Å²) in [6.45, 7) is 3.43. The monoisotopic (exact) mass is 237 g/mol. The Kier molecular flexibility index (Phi) is 5.35. The second kappa shape index (κ2) is 5.44. The number of rotatable bonds is 1. The molecule has 0 bridgehead atoms. The summed E-state index contributed by atoms with van der Waals surface area (Å²) in [4.78, 5) is 10.6. The van der Waals surface area contributed by atoms with Crippen LogP contribution in [0.2, 0.25) is 0 Å². The molecule has 0 saturated heterocycles. The van der Waals surface area contributed by atoms with Crippen molar-refractivity contribution in [2.24, 2.45) is 0 Å². The zero-order valence-corrected chi connectivity index (χ0v) is 10.1. The van der Waals surface area contributed by atoms with Gasteiger partial charge in [-0.25, -0.2) is 0 Å². The predicted molar refractivity (Wildman–Crippen MR) is 44.3 cm³/mol. The van der Waals surface area contributed by atoms with Crippen LogP contribution in [-0.2, 0) is 37.5 Å². The van der Waals surface area contributed by atoms with E-state index in [2.05, 4.69) is 11.4 Å². The summed E-state index contributed by atoms with van der Waals surface area (Å²) in [7, 11) is 0. The van der Waals surface area contributed by atoms with Crippen molar-refractivity contribution in [3.63, 3.8) is 0 Å². The maximum absolute atomic E-state index is 10.6. The van der Waals surface area contributed by atoms with E-state index in [9.17, 15) is 4.79 Å². The second-order valence-corrected chi connectivity index (χ2v) is 2.44. The molecule has 3 heteroatoms. The van der Waals surface area contributed by atoms with Crippen molar-refractivity contribution >= 4 is 11.6 Å². The van der Waals surface area contributed by atoms with E-state index in [1.54, 1.807) is 6.07 Å². The third-order valence-electron chi connectivity index (χ3n) is 1.27. The van der Waals surface area contributed by atoms with Gasteiger partial charge in [-0.3, -0.25) is 4.79 Å². The molecular formula is C9H10NOY-. The van der Waals surface area contributed by atoms with Gasteiger partial charge in [0.05, 0.1) is 0 Å². The number of amides is 1. The maximum atomic E-state index is 10.6. The molecule has 61 valence electrons. The fourth-order valence-corrected chi connectivity index (χ4v) is 0.867. The van der Waals surface area contributed by atoms with E-state index in [1.807, 2.05) is 19.1 Å². The average molecular weight is 237 g/mol. The van der Waals surface area contributed by atoms with Crippen molar-refractivity contribution in [1.29, 1.82) is 0 Å². The zero-order valence-electron chi connectivity index (χ0n) is 7.22. The van der Waals surface area contributed by atoms with Crippen molar-refractivity contribution in [3.8, 4) is 0 Å². The number of benzene rings is 1. The molecule has 1 radical (unpaired) electrons. The zero-order chi connectivity index (χ0) is 8.27. The summed E-state index contributed by atoms with van der Waals surface area (Å²) in [6, 6.07) is 8.48. The summed E-state index contributed by atoms with van der Waals surface area (Å²) < 4.78 is 0. The fraction of sp³-hybridized carbons (Fsp3) is 0.222. The molecule has 1 amide bonds. The van der Waals surface area contributed by atoms with E-state index in [0.29, 0.717) is 0 Å². The molecule has 0 aliphatic rings. The Morgan fingerprint density at radius 1 is 1.58 bits per heavy atom. The van der Waals surface area contributed by atoms with Crippen molar-refractivity contribution in [2.45, 2.75) is 13.8 Å². The number of hydrogen-bond acceptors (Lipinski definition) is 1. The third-order valence-corrected chi connectivity index (χ3v) is 1.27. The molecule has 0 saturated carbocycles. The Morgan fingerprint density at radius 2 is 2.25 bits per heavy atom. The standard InChI is InChI=1S/C9H10NO.Y/c1-7-4-3-5-9(6-7)10-8(2)11;/h3,5-6H,1-2H3,(H,10,11);/q-1;. The van der Waals surface area contributed by atoms with Crippen LogP contribution in [0.4, 0.5) is 5.69 Å². The molecule has 12 heavy (non-hydrogen) atoms. The van der Waals surface area contributed by atoms with Crippen molar-refractivity contribution in [2.75, 3.05) is 5.32 Å². The molecule has 0 atom stereocenters. The molecule has 0 aliphatic heterocycles. The minimum Gasteiger partial charge on any atom is -0.349 e. The first-order valence-corrected chi connectivity index (χ1v) is 3.44. The number of aryl methyl sites for hydroxylation is 1. The SMILES string of the molecule is CC(=O)Nc1cc[c-]c(C)c1.[Y]. The summed E-state index contributed by atoms with van der Waals surface area (Å²) in [5.74, 6) is -0.0457. The van der Waals surface area contributed by atoms with Gasteiger partial charge in [-0.05, 0) is 0 Å². The number of anilines is 1. The van der Waals surface area contributed by atoms with Crippen molar-refractivity contribution < 1.29 is 37.5 Å². The van der Waals surface area contributed by atoms with Crippen LogP contribution in [0.3, 0.4) is 0 Å². The first kappa shape index (κ1) is 11.8. The molecule has 0 aromatic heterocycles. The Labute approximate surface area is 97.6 Å². The average Bonchev–Trinajstić information content (AvgIpc) is 1.85. The topological polar surface area (TPSA) is 29.1 Å². The first-order chi connectivity index (χ1) is 5.18. The smallest absolute Gasteiger partial charge is 0.219 e. The Balaban J connectivity index is 0.00000121. The summed E-state index contributed by atoms with van der Waals surface area (Å²) in [5.41, 5.74) is 1.85. The van der Waals surface area contributed by atoms with Crippen LogP contribution in [0.15, 0.2) is 18.2 Å². The van der Waals surface area contributed by atoms with Crippen LogP contribution in [0.1, 0.15) is 12.5 Å². The molecular weight excluding hydrogens is 227 g/mol. The summed E-state index contributed by atoms with van der Waals surface area (Å²) >= 11 is 0. The fourth-order valence-electron chi connectivity index (χ4n) is 0.867. The van der Waals surface area contributed by atoms with Gasteiger partial charge >= 0.3 is 0 Å². The van der Waals surface area contributed by atoms with Gasteiger partial charge in [0.1, 0.15) is 0 Å². The van der Waals surface area contributed by atoms with Gasteiger partial charge in [0.25, 0.3) is 0 Å². The molecule has 2 nitrogen and oxygen atoms in total. The van der Waals surface area contributed by atoms with Crippen molar-refractivity contribution in [1.82, 2.24) is 0 Å².